The molecule has 2 aromatic carbocycles. The zero-order valence-electron chi connectivity index (χ0n) is 12.5. The van der Waals surface area contributed by atoms with Gasteiger partial charge >= 0.3 is 0 Å². The fraction of sp³-hybridized carbons (Fsp3) is 0.118. The summed E-state index contributed by atoms with van der Waals surface area (Å²) in [4.78, 5) is 23.6. The number of ether oxygens (including phenoxy) is 2. The van der Waals surface area contributed by atoms with Crippen LogP contribution in [-0.2, 0) is 4.79 Å². The number of carbonyl (C=O) groups excluding carboxylic acids is 2. The van der Waals surface area contributed by atoms with Crippen LogP contribution in [0, 0.1) is 11.3 Å². The van der Waals surface area contributed by atoms with Crippen LogP contribution in [0.2, 0.25) is 0 Å². The van der Waals surface area contributed by atoms with Gasteiger partial charge < -0.3 is 20.1 Å². The molecule has 1 aliphatic heterocycles. The van der Waals surface area contributed by atoms with Crippen molar-refractivity contribution >= 4 is 23.2 Å². The Bertz CT molecular complexity index is 825. The fourth-order valence-corrected chi connectivity index (χ4v) is 2.15. The van der Waals surface area contributed by atoms with Crippen LogP contribution >= 0.6 is 0 Å². The maximum absolute atomic E-state index is 12.2. The van der Waals surface area contributed by atoms with Gasteiger partial charge in [0.25, 0.3) is 5.91 Å². The molecule has 0 unspecified atom stereocenters. The number of carbonyl (C=O) groups is 2. The second kappa shape index (κ2) is 6.71. The molecule has 0 fully saturated rings. The average Bonchev–Trinajstić information content (AvgIpc) is 3.04. The molecule has 0 aliphatic carbocycles. The predicted octanol–water partition coefficient (Wildman–Crippen LogP) is 2.52. The van der Waals surface area contributed by atoms with Gasteiger partial charge in [-0.3, -0.25) is 9.59 Å². The molecule has 0 atom stereocenters. The first kappa shape index (κ1) is 15.4. The van der Waals surface area contributed by atoms with Crippen molar-refractivity contribution in [2.45, 2.75) is 6.42 Å². The molecule has 7 heteroatoms. The first-order valence-corrected chi connectivity index (χ1v) is 7.13. The van der Waals surface area contributed by atoms with E-state index in [1.54, 1.807) is 48.5 Å². The molecule has 0 radical (unpaired) electrons. The van der Waals surface area contributed by atoms with Crippen molar-refractivity contribution in [3.63, 3.8) is 0 Å². The summed E-state index contributed by atoms with van der Waals surface area (Å²) in [5, 5.41) is 13.8. The van der Waals surface area contributed by atoms with Crippen LogP contribution in [0.3, 0.4) is 0 Å². The van der Waals surface area contributed by atoms with Gasteiger partial charge in [-0.1, -0.05) is 0 Å². The van der Waals surface area contributed by atoms with E-state index in [0.717, 1.165) is 0 Å². The number of fused-ring (bicyclic) bond motifs is 1. The van der Waals surface area contributed by atoms with Crippen molar-refractivity contribution in [3.05, 3.63) is 48.0 Å². The Balaban J connectivity index is 1.64. The van der Waals surface area contributed by atoms with E-state index in [2.05, 4.69) is 10.6 Å². The number of nitrogens with one attached hydrogen (secondary N) is 2. The quantitative estimate of drug-likeness (QED) is 0.900. The number of benzene rings is 2. The van der Waals surface area contributed by atoms with Gasteiger partial charge in [0.2, 0.25) is 12.7 Å². The Morgan fingerprint density at radius 3 is 2.38 bits per heavy atom. The molecule has 2 aromatic rings. The SMILES string of the molecule is N#CCC(=O)Nc1ccc(NC(=O)c2ccc3c(c2)OCO3)cc1. The molecular formula is C17H13N3O4. The van der Waals surface area contributed by atoms with Gasteiger partial charge in [-0.25, -0.2) is 0 Å². The summed E-state index contributed by atoms with van der Waals surface area (Å²) in [6, 6.07) is 13.3. The summed E-state index contributed by atoms with van der Waals surface area (Å²) in [6.07, 6.45) is -0.206. The second-order valence-electron chi connectivity index (χ2n) is 4.98. The third kappa shape index (κ3) is 3.44. The van der Waals surface area contributed by atoms with Gasteiger partial charge in [-0.15, -0.1) is 0 Å². The third-order valence-corrected chi connectivity index (χ3v) is 3.30. The van der Waals surface area contributed by atoms with E-state index in [1.165, 1.54) is 0 Å². The number of hydrogen-bond acceptors (Lipinski definition) is 5. The van der Waals surface area contributed by atoms with Gasteiger partial charge in [0, 0.05) is 16.9 Å². The minimum absolute atomic E-state index is 0.152. The molecule has 7 nitrogen and oxygen atoms in total. The van der Waals surface area contributed by atoms with Gasteiger partial charge in [0.15, 0.2) is 11.5 Å². The van der Waals surface area contributed by atoms with Crippen LogP contribution in [0.15, 0.2) is 42.5 Å². The van der Waals surface area contributed by atoms with E-state index in [9.17, 15) is 9.59 Å². The van der Waals surface area contributed by atoms with Gasteiger partial charge in [0.05, 0.1) is 6.07 Å². The number of hydrogen-bond donors (Lipinski definition) is 2. The predicted molar refractivity (Wildman–Crippen MR) is 85.8 cm³/mol. The lowest BCUT2D eigenvalue weighted by Gasteiger charge is -2.08. The summed E-state index contributed by atoms with van der Waals surface area (Å²) in [5.41, 5.74) is 1.58. The van der Waals surface area contributed by atoms with Gasteiger partial charge in [0.1, 0.15) is 6.42 Å². The van der Waals surface area contributed by atoms with E-state index in [-0.39, 0.29) is 25.0 Å². The van der Waals surface area contributed by atoms with Gasteiger partial charge in [-0.05, 0) is 42.5 Å². The molecule has 1 aliphatic rings. The third-order valence-electron chi connectivity index (χ3n) is 3.30. The minimum Gasteiger partial charge on any atom is -0.454 e. The zero-order chi connectivity index (χ0) is 16.9. The maximum Gasteiger partial charge on any atom is 0.255 e. The first-order valence-electron chi connectivity index (χ1n) is 7.13. The van der Waals surface area contributed by atoms with Crippen LogP contribution in [0.5, 0.6) is 11.5 Å². The molecule has 0 spiro atoms. The molecule has 120 valence electrons. The highest BCUT2D eigenvalue weighted by atomic mass is 16.7. The van der Waals surface area contributed by atoms with Crippen LogP contribution in [-0.4, -0.2) is 18.6 Å². The Morgan fingerprint density at radius 1 is 1.00 bits per heavy atom. The van der Waals surface area contributed by atoms with Crippen molar-refractivity contribution in [2.24, 2.45) is 0 Å². The summed E-state index contributed by atoms with van der Waals surface area (Å²) >= 11 is 0. The standard InChI is InChI=1S/C17H13N3O4/c18-8-7-16(21)19-12-2-4-13(5-3-12)20-17(22)11-1-6-14-15(9-11)24-10-23-14/h1-6,9H,7,10H2,(H,19,21)(H,20,22). The highest BCUT2D eigenvalue weighted by Crippen LogP contribution is 2.32. The Morgan fingerprint density at radius 2 is 1.67 bits per heavy atom. The lowest BCUT2D eigenvalue weighted by atomic mass is 10.2. The Hall–Kier alpha value is -3.53. The average molecular weight is 323 g/mol. The van der Waals surface area contributed by atoms with Crippen molar-refractivity contribution in [2.75, 3.05) is 17.4 Å². The highest BCUT2D eigenvalue weighted by molar-refractivity contribution is 6.04. The smallest absolute Gasteiger partial charge is 0.255 e. The molecule has 2 amide bonds. The normalized spacial score (nSPS) is 11.5. The highest BCUT2D eigenvalue weighted by Gasteiger charge is 2.16. The number of nitrogens with zero attached hydrogens (tertiary/aromatic N) is 1. The minimum atomic E-state index is -0.380. The second-order valence-corrected chi connectivity index (χ2v) is 4.98. The van der Waals surface area contributed by atoms with Crippen molar-refractivity contribution in [1.29, 1.82) is 5.26 Å². The van der Waals surface area contributed by atoms with Crippen LogP contribution in [0.4, 0.5) is 11.4 Å². The van der Waals surface area contributed by atoms with E-state index >= 15 is 0 Å². The lowest BCUT2D eigenvalue weighted by Crippen LogP contribution is -2.12. The molecule has 3 rings (SSSR count). The number of anilines is 2. The van der Waals surface area contributed by atoms with E-state index in [1.807, 2.05) is 0 Å². The topological polar surface area (TPSA) is 100 Å². The van der Waals surface area contributed by atoms with E-state index in [4.69, 9.17) is 14.7 Å². The van der Waals surface area contributed by atoms with Crippen LogP contribution in [0.25, 0.3) is 0 Å². The molecule has 1 heterocycles. The number of amides is 2. The lowest BCUT2D eigenvalue weighted by molar-refractivity contribution is -0.115. The maximum atomic E-state index is 12.2. The summed E-state index contributed by atoms with van der Waals surface area (Å²) in [7, 11) is 0. The zero-order valence-corrected chi connectivity index (χ0v) is 12.5. The first-order chi connectivity index (χ1) is 11.7. The fourth-order valence-electron chi connectivity index (χ4n) is 2.15. The molecule has 0 saturated carbocycles. The van der Waals surface area contributed by atoms with E-state index < -0.39 is 0 Å². The van der Waals surface area contributed by atoms with Crippen LogP contribution in [0.1, 0.15) is 16.8 Å². The summed E-state index contributed by atoms with van der Waals surface area (Å²) < 4.78 is 10.5. The molecule has 24 heavy (non-hydrogen) atoms. The Labute approximate surface area is 137 Å². The van der Waals surface area contributed by atoms with Crippen molar-refractivity contribution < 1.29 is 19.1 Å². The summed E-state index contributed by atoms with van der Waals surface area (Å²) in [5.74, 6) is 0.492. The number of rotatable bonds is 4. The van der Waals surface area contributed by atoms with Gasteiger partial charge in [-0.2, -0.15) is 5.26 Å². The van der Waals surface area contributed by atoms with Crippen molar-refractivity contribution in [1.82, 2.24) is 0 Å². The molecule has 0 bridgehead atoms. The molecule has 0 aromatic heterocycles. The monoisotopic (exact) mass is 323 g/mol. The van der Waals surface area contributed by atoms with Crippen LogP contribution < -0.4 is 20.1 Å². The van der Waals surface area contributed by atoms with E-state index in [0.29, 0.717) is 28.4 Å². The summed E-state index contributed by atoms with van der Waals surface area (Å²) in [6.45, 7) is 0.152. The Kier molecular flexibility index (Phi) is 4.29. The molecular weight excluding hydrogens is 310 g/mol. The number of nitriles is 1. The largest absolute Gasteiger partial charge is 0.454 e. The molecule has 0 saturated heterocycles. The van der Waals surface area contributed by atoms with Crippen molar-refractivity contribution in [3.8, 4) is 17.6 Å². The molecule has 2 N–H and O–H groups in total.